The van der Waals surface area contributed by atoms with Gasteiger partial charge in [-0.05, 0) is 80.3 Å². The molecule has 4 aromatic heterocycles. The lowest BCUT2D eigenvalue weighted by Crippen LogP contribution is -2.20. The monoisotopic (exact) mass is 531 g/mol. The molecule has 0 saturated heterocycles. The SMILES string of the molecule is CC(C)(O)C1=C/[N+](=C/C2CCc3cc(-n4c(-c5cccnc5N)nc5ccc(-n6cccn6)nc54)ccc32)N=N1. The van der Waals surface area contributed by atoms with Gasteiger partial charge in [-0.15, -0.1) is 4.68 Å². The van der Waals surface area contributed by atoms with Crippen molar-refractivity contribution in [3.8, 4) is 22.9 Å². The van der Waals surface area contributed by atoms with Gasteiger partial charge >= 0.3 is 0 Å². The van der Waals surface area contributed by atoms with E-state index >= 15 is 0 Å². The molecule has 0 spiro atoms. The van der Waals surface area contributed by atoms with Crippen molar-refractivity contribution in [1.29, 1.82) is 0 Å². The summed E-state index contributed by atoms with van der Waals surface area (Å²) < 4.78 is 5.47. The summed E-state index contributed by atoms with van der Waals surface area (Å²) in [6.45, 7) is 3.40. The molecule has 2 aliphatic rings. The number of hydrogen-bond donors (Lipinski definition) is 2. The van der Waals surface area contributed by atoms with Crippen molar-refractivity contribution in [3.63, 3.8) is 0 Å². The number of aryl methyl sites for hydroxylation is 1. The predicted octanol–water partition coefficient (Wildman–Crippen LogP) is 4.36. The second kappa shape index (κ2) is 9.02. The van der Waals surface area contributed by atoms with Crippen LogP contribution in [0.2, 0.25) is 0 Å². The first-order valence-corrected chi connectivity index (χ1v) is 13.1. The van der Waals surface area contributed by atoms with Crippen LogP contribution in [0.25, 0.3) is 34.1 Å². The van der Waals surface area contributed by atoms with Crippen LogP contribution >= 0.6 is 0 Å². The first kappa shape index (κ1) is 24.0. The molecule has 5 aromatic rings. The number of nitrogens with zero attached hydrogens (tertiary/aromatic N) is 9. The number of fused-ring (bicyclic) bond motifs is 2. The summed E-state index contributed by atoms with van der Waals surface area (Å²) in [5.41, 5.74) is 11.4. The van der Waals surface area contributed by atoms with Crippen molar-refractivity contribution in [3.05, 3.63) is 90.1 Å². The Hall–Kier alpha value is -5.03. The van der Waals surface area contributed by atoms with Gasteiger partial charge in [-0.1, -0.05) is 6.07 Å². The van der Waals surface area contributed by atoms with E-state index < -0.39 is 5.60 Å². The fourth-order valence-electron chi connectivity index (χ4n) is 5.26. The Morgan fingerprint density at radius 3 is 2.77 bits per heavy atom. The van der Waals surface area contributed by atoms with Crippen molar-refractivity contribution >= 4 is 23.2 Å². The highest BCUT2D eigenvalue weighted by Crippen LogP contribution is 2.36. The zero-order valence-electron chi connectivity index (χ0n) is 22.0. The lowest BCUT2D eigenvalue weighted by molar-refractivity contribution is -0.461. The highest BCUT2D eigenvalue weighted by Gasteiger charge is 2.32. The molecule has 5 heterocycles. The standard InChI is InChI=1S/C29H27N10O/c1-29(2,40)24-17-37(36-35-24)16-19-7-6-18-15-20(8-9-21(18)19)39-27(22-5-3-12-31-26(22)30)33-23-10-11-25(34-28(23)39)38-14-4-13-32-38/h3-5,8-17,19,40H,6-7H2,1-2H3,(H2,30,31)/q+1/b37-16-. The molecule has 0 bridgehead atoms. The third-order valence-electron chi connectivity index (χ3n) is 7.29. The van der Waals surface area contributed by atoms with Gasteiger partial charge in [0.05, 0.1) is 10.7 Å². The van der Waals surface area contributed by atoms with Gasteiger partial charge in [-0.25, -0.2) is 19.6 Å². The summed E-state index contributed by atoms with van der Waals surface area (Å²) in [6.07, 6.45) is 11.0. The Morgan fingerprint density at radius 1 is 1.10 bits per heavy atom. The summed E-state index contributed by atoms with van der Waals surface area (Å²) in [6, 6.07) is 15.9. The first-order valence-electron chi connectivity index (χ1n) is 13.1. The molecule has 3 N–H and O–H groups in total. The topological polar surface area (TPSA) is 135 Å². The van der Waals surface area contributed by atoms with Crippen LogP contribution in [0.5, 0.6) is 0 Å². The predicted molar refractivity (Wildman–Crippen MR) is 150 cm³/mol. The number of rotatable bonds is 5. The second-order valence-corrected chi connectivity index (χ2v) is 10.5. The summed E-state index contributed by atoms with van der Waals surface area (Å²) in [7, 11) is 0. The highest BCUT2D eigenvalue weighted by molar-refractivity contribution is 5.83. The Balaban J connectivity index is 1.34. The van der Waals surface area contributed by atoms with Crippen LogP contribution in [0, 0.1) is 0 Å². The van der Waals surface area contributed by atoms with Crippen LogP contribution in [0.4, 0.5) is 5.82 Å². The van der Waals surface area contributed by atoms with Gasteiger partial charge in [0.2, 0.25) is 0 Å². The van der Waals surface area contributed by atoms with Crippen molar-refractivity contribution < 1.29 is 9.79 Å². The maximum absolute atomic E-state index is 10.3. The number of imidazole rings is 1. The number of hydrogen-bond acceptors (Lipinski definition) is 8. The molecule has 1 aromatic carbocycles. The molecule has 1 unspecified atom stereocenters. The van der Waals surface area contributed by atoms with Gasteiger partial charge in [-0.3, -0.25) is 4.57 Å². The van der Waals surface area contributed by atoms with E-state index in [-0.39, 0.29) is 5.92 Å². The molecule has 40 heavy (non-hydrogen) atoms. The van der Waals surface area contributed by atoms with Crippen molar-refractivity contribution in [2.24, 2.45) is 10.3 Å². The van der Waals surface area contributed by atoms with Gasteiger partial charge in [0.15, 0.2) is 23.5 Å². The molecular formula is C29H27N10O+. The van der Waals surface area contributed by atoms with Crippen molar-refractivity contribution in [2.45, 2.75) is 38.2 Å². The van der Waals surface area contributed by atoms with E-state index in [9.17, 15) is 5.11 Å². The Kier molecular flexibility index (Phi) is 5.42. The van der Waals surface area contributed by atoms with E-state index in [0.717, 1.165) is 29.6 Å². The minimum absolute atomic E-state index is 0.179. The molecule has 1 atom stereocenters. The molecule has 11 nitrogen and oxygen atoms in total. The summed E-state index contributed by atoms with van der Waals surface area (Å²) in [4.78, 5) is 14.2. The molecule has 7 rings (SSSR count). The fraction of sp³-hybridized carbons (Fsp3) is 0.207. The maximum Gasteiger partial charge on any atom is 0.252 e. The summed E-state index contributed by atoms with van der Waals surface area (Å²) in [5.74, 6) is 1.95. The van der Waals surface area contributed by atoms with Crippen LogP contribution in [-0.2, 0) is 6.42 Å². The molecular weight excluding hydrogens is 504 g/mol. The third kappa shape index (κ3) is 4.07. The normalized spacial score (nSPS) is 17.6. The van der Waals surface area contributed by atoms with Crippen LogP contribution < -0.4 is 5.73 Å². The molecule has 1 aliphatic heterocycles. The maximum atomic E-state index is 10.3. The van der Waals surface area contributed by atoms with E-state index in [4.69, 9.17) is 15.7 Å². The number of aliphatic hydroxyl groups is 1. The van der Waals surface area contributed by atoms with Crippen LogP contribution in [0.15, 0.2) is 89.4 Å². The van der Waals surface area contributed by atoms with Gasteiger partial charge in [-0.2, -0.15) is 5.10 Å². The zero-order chi connectivity index (χ0) is 27.4. The molecule has 0 saturated carbocycles. The number of nitrogens with two attached hydrogens (primary N) is 1. The van der Waals surface area contributed by atoms with Gasteiger partial charge in [0.1, 0.15) is 28.4 Å². The minimum Gasteiger partial charge on any atom is -0.383 e. The quantitative estimate of drug-likeness (QED) is 0.324. The van der Waals surface area contributed by atoms with Gasteiger partial charge in [0.25, 0.3) is 5.70 Å². The van der Waals surface area contributed by atoms with Gasteiger partial charge < -0.3 is 10.8 Å². The van der Waals surface area contributed by atoms with Crippen molar-refractivity contribution in [1.82, 2.24) is 29.3 Å². The Morgan fingerprint density at radius 2 is 2.00 bits per heavy atom. The number of nitrogen functional groups attached to an aromatic ring is 1. The lowest BCUT2D eigenvalue weighted by atomic mass is 10.0. The molecule has 0 amide bonds. The van der Waals surface area contributed by atoms with Crippen LogP contribution in [0.3, 0.4) is 0 Å². The van der Waals surface area contributed by atoms with E-state index in [2.05, 4.69) is 44.8 Å². The molecule has 11 heteroatoms. The number of pyridine rings is 2. The average Bonchev–Trinajstić information content (AvgIpc) is 3.74. The number of anilines is 1. The molecule has 0 radical (unpaired) electrons. The molecule has 1 aliphatic carbocycles. The molecule has 0 fully saturated rings. The number of aromatic nitrogens is 6. The van der Waals surface area contributed by atoms with E-state index in [1.54, 1.807) is 41.8 Å². The highest BCUT2D eigenvalue weighted by atomic mass is 16.3. The van der Waals surface area contributed by atoms with E-state index in [1.807, 2.05) is 41.1 Å². The largest absolute Gasteiger partial charge is 0.383 e. The number of benzene rings is 1. The Labute approximate surface area is 229 Å². The minimum atomic E-state index is -1.04. The average molecular weight is 532 g/mol. The van der Waals surface area contributed by atoms with Crippen LogP contribution in [0.1, 0.15) is 37.3 Å². The summed E-state index contributed by atoms with van der Waals surface area (Å²) >= 11 is 0. The van der Waals surface area contributed by atoms with Crippen LogP contribution in [-0.4, -0.2) is 50.9 Å². The Bertz CT molecular complexity index is 1860. The van der Waals surface area contributed by atoms with Crippen molar-refractivity contribution in [2.75, 3.05) is 5.73 Å². The first-order chi connectivity index (χ1) is 19.3. The van der Waals surface area contributed by atoms with E-state index in [1.165, 1.54) is 11.1 Å². The smallest absolute Gasteiger partial charge is 0.252 e. The van der Waals surface area contributed by atoms with E-state index in [0.29, 0.717) is 28.8 Å². The zero-order valence-corrected chi connectivity index (χ0v) is 22.0. The lowest BCUT2D eigenvalue weighted by Gasteiger charge is -2.13. The second-order valence-electron chi connectivity index (χ2n) is 10.5. The molecule has 198 valence electrons. The van der Waals surface area contributed by atoms with Gasteiger partial charge in [0, 0.05) is 30.2 Å². The fourth-order valence-corrected chi connectivity index (χ4v) is 5.26. The summed E-state index contributed by atoms with van der Waals surface area (Å²) in [5, 5.41) is 22.9. The third-order valence-corrected chi connectivity index (χ3v) is 7.29.